The van der Waals surface area contributed by atoms with Crippen LogP contribution in [-0.4, -0.2) is 0 Å². The molecule has 0 amide bonds. The summed E-state index contributed by atoms with van der Waals surface area (Å²) >= 11 is 0. The van der Waals surface area contributed by atoms with Gasteiger partial charge in [0.2, 0.25) is 0 Å². The van der Waals surface area contributed by atoms with Crippen molar-refractivity contribution in [2.75, 3.05) is 9.80 Å². The molecule has 0 aliphatic heterocycles. The normalized spacial score (nSPS) is 17.5. The molecular formula is C74H72N2O2. The van der Waals surface area contributed by atoms with Crippen LogP contribution in [0.15, 0.2) is 179 Å². The van der Waals surface area contributed by atoms with Crippen LogP contribution in [0.4, 0.5) is 34.1 Å². The molecule has 0 radical (unpaired) electrons. The Kier molecular flexibility index (Phi) is 12.6. The molecule has 4 aliphatic carbocycles. The summed E-state index contributed by atoms with van der Waals surface area (Å²) < 4.78 is 13.7. The summed E-state index contributed by atoms with van der Waals surface area (Å²) in [5.74, 6) is 2.71. The van der Waals surface area contributed by atoms with Crippen LogP contribution >= 0.6 is 0 Å². The Hall–Kier alpha value is -7.30. The zero-order valence-corrected chi connectivity index (χ0v) is 45.3. The molecule has 0 spiro atoms. The van der Waals surface area contributed by atoms with Gasteiger partial charge in [0.25, 0.3) is 0 Å². The number of nitrogens with zero attached hydrogens (tertiary/aromatic N) is 2. The van der Waals surface area contributed by atoms with E-state index in [1.54, 1.807) is 0 Å². The fourth-order valence-corrected chi connectivity index (χ4v) is 15.0. The predicted octanol–water partition coefficient (Wildman–Crippen LogP) is 22.9. The molecule has 4 heteroatoms. The lowest BCUT2D eigenvalue weighted by Gasteiger charge is -2.28. The Morgan fingerprint density at radius 2 is 0.487 bits per heavy atom. The monoisotopic (exact) mass is 1020 g/mol. The summed E-state index contributed by atoms with van der Waals surface area (Å²) in [6, 6.07) is 65.4. The molecule has 4 fully saturated rings. The molecule has 4 saturated carbocycles. The second kappa shape index (κ2) is 20.5. The number of rotatable bonds is 10. The van der Waals surface area contributed by atoms with Crippen LogP contribution < -0.4 is 9.80 Å². The lowest BCUT2D eigenvalue weighted by atomic mass is 9.84. The van der Waals surface area contributed by atoms with Gasteiger partial charge in [-0.25, -0.2) is 0 Å². The van der Waals surface area contributed by atoms with E-state index in [2.05, 4.69) is 180 Å². The molecule has 2 heterocycles. The Balaban J connectivity index is 0.765. The predicted molar refractivity (Wildman–Crippen MR) is 329 cm³/mol. The van der Waals surface area contributed by atoms with E-state index in [1.807, 2.05) is 0 Å². The largest absolute Gasteiger partial charge is 0.456 e. The highest BCUT2D eigenvalue weighted by molar-refractivity contribution is 6.18. The lowest BCUT2D eigenvalue weighted by molar-refractivity contribution is 0.443. The van der Waals surface area contributed by atoms with Gasteiger partial charge < -0.3 is 18.6 Å². The Bertz CT molecular complexity index is 3550. The molecule has 0 saturated heterocycles. The first-order valence-electron chi connectivity index (χ1n) is 30.3. The van der Waals surface area contributed by atoms with E-state index < -0.39 is 0 Å². The summed E-state index contributed by atoms with van der Waals surface area (Å²) in [4.78, 5) is 4.90. The standard InChI is InChI=1S/C74H72N2O2/c1-5-13-49(14-6-1)53-21-31-61(32-22-53)75(62-33-23-54(24-34-62)50-15-7-2-8-16-50)65-39-29-57-43-67-69-47-74-70(48-73(69)77-71(67)45-59(57)41-65)68-44-58-30-40-66(42-60(58)46-72(68)78-74)76(63-35-25-55(26-36-63)51-17-9-3-10-18-51)64-37-27-56(28-38-64)52-19-11-4-12-20-52/h21-52H,1-20H2. The van der Waals surface area contributed by atoms with E-state index in [1.165, 1.54) is 184 Å². The summed E-state index contributed by atoms with van der Waals surface area (Å²) in [6.45, 7) is 0. The molecule has 0 bridgehead atoms. The fourth-order valence-electron chi connectivity index (χ4n) is 15.0. The summed E-state index contributed by atoms with van der Waals surface area (Å²) in [7, 11) is 0. The van der Waals surface area contributed by atoms with Gasteiger partial charge in [-0.1, -0.05) is 138 Å². The quantitative estimate of drug-likeness (QED) is 0.137. The van der Waals surface area contributed by atoms with E-state index >= 15 is 0 Å². The number of benzene rings is 9. The maximum absolute atomic E-state index is 6.83. The minimum absolute atomic E-state index is 0.676. The van der Waals surface area contributed by atoms with Crippen molar-refractivity contribution in [1.82, 2.24) is 0 Å². The highest BCUT2D eigenvalue weighted by Gasteiger charge is 2.24. The van der Waals surface area contributed by atoms with Gasteiger partial charge in [0.1, 0.15) is 22.3 Å². The van der Waals surface area contributed by atoms with Gasteiger partial charge in [0, 0.05) is 55.7 Å². The Labute approximate surface area is 460 Å². The topological polar surface area (TPSA) is 32.8 Å². The number of furan rings is 2. The summed E-state index contributed by atoms with van der Waals surface area (Å²) in [6.07, 6.45) is 26.7. The van der Waals surface area contributed by atoms with Gasteiger partial charge in [0.05, 0.1) is 0 Å². The van der Waals surface area contributed by atoms with Gasteiger partial charge in [-0.3, -0.25) is 0 Å². The molecule has 0 N–H and O–H groups in total. The maximum Gasteiger partial charge on any atom is 0.136 e. The van der Waals surface area contributed by atoms with Crippen LogP contribution in [0, 0.1) is 0 Å². The van der Waals surface area contributed by atoms with Crippen LogP contribution in [0.5, 0.6) is 0 Å². The summed E-state index contributed by atoms with van der Waals surface area (Å²) in [5.41, 5.74) is 16.6. The minimum Gasteiger partial charge on any atom is -0.456 e. The van der Waals surface area contributed by atoms with Crippen molar-refractivity contribution in [3.8, 4) is 0 Å². The SMILES string of the molecule is c1cc(N(c2ccc(C3CCCCC3)cc2)c2ccc3cc4c(cc3c2)oc2cc3c(cc24)oc2cc4cc(N(c5ccc(C6CCCCC6)cc5)c5ccc(C6CCCCC6)cc5)ccc4cc23)ccc1C1CCCCC1. The first kappa shape index (κ1) is 47.9. The van der Waals surface area contributed by atoms with Crippen LogP contribution in [0.25, 0.3) is 65.4 Å². The van der Waals surface area contributed by atoms with E-state index in [0.29, 0.717) is 23.7 Å². The molecule has 9 aromatic carbocycles. The second-order valence-electron chi connectivity index (χ2n) is 24.2. The smallest absolute Gasteiger partial charge is 0.136 e. The van der Waals surface area contributed by atoms with Crippen molar-refractivity contribution in [2.45, 2.75) is 152 Å². The molecule has 390 valence electrons. The molecule has 11 aromatic rings. The zero-order valence-electron chi connectivity index (χ0n) is 45.3. The highest BCUT2D eigenvalue weighted by atomic mass is 16.3. The molecule has 78 heavy (non-hydrogen) atoms. The van der Waals surface area contributed by atoms with E-state index in [0.717, 1.165) is 66.0 Å². The third kappa shape index (κ3) is 9.03. The van der Waals surface area contributed by atoms with Crippen molar-refractivity contribution >= 4 is 99.5 Å². The zero-order chi connectivity index (χ0) is 51.5. The highest BCUT2D eigenvalue weighted by Crippen LogP contribution is 2.45. The molecule has 0 atom stereocenters. The summed E-state index contributed by atoms with van der Waals surface area (Å²) in [5, 5.41) is 9.06. The lowest BCUT2D eigenvalue weighted by Crippen LogP contribution is -2.11. The van der Waals surface area contributed by atoms with Crippen LogP contribution in [-0.2, 0) is 0 Å². The number of fused-ring (bicyclic) bond motifs is 8. The molecule has 4 nitrogen and oxygen atoms in total. The number of hydrogen-bond acceptors (Lipinski definition) is 4. The van der Waals surface area contributed by atoms with Crippen molar-refractivity contribution in [2.24, 2.45) is 0 Å². The van der Waals surface area contributed by atoms with Gasteiger partial charge in [0.15, 0.2) is 0 Å². The maximum atomic E-state index is 6.83. The van der Waals surface area contributed by atoms with Crippen LogP contribution in [0.1, 0.15) is 174 Å². The Morgan fingerprint density at radius 1 is 0.231 bits per heavy atom. The van der Waals surface area contributed by atoms with Crippen molar-refractivity contribution in [3.63, 3.8) is 0 Å². The average Bonchev–Trinajstić information content (AvgIpc) is 4.14. The third-order valence-electron chi connectivity index (χ3n) is 19.4. The molecule has 2 aromatic heterocycles. The molecule has 15 rings (SSSR count). The first-order chi connectivity index (χ1) is 38.6. The van der Waals surface area contributed by atoms with Crippen molar-refractivity contribution < 1.29 is 8.83 Å². The molecule has 0 unspecified atom stereocenters. The molecule has 4 aliphatic rings. The van der Waals surface area contributed by atoms with E-state index in [9.17, 15) is 0 Å². The van der Waals surface area contributed by atoms with Gasteiger partial charge >= 0.3 is 0 Å². The third-order valence-corrected chi connectivity index (χ3v) is 19.4. The van der Waals surface area contributed by atoms with Gasteiger partial charge in [-0.2, -0.15) is 0 Å². The fraction of sp³-hybridized carbons (Fsp3) is 0.324. The van der Waals surface area contributed by atoms with Gasteiger partial charge in [-0.05, 0) is 228 Å². The minimum atomic E-state index is 0.676. The number of hydrogen-bond donors (Lipinski definition) is 0. The van der Waals surface area contributed by atoms with Crippen LogP contribution in [0.2, 0.25) is 0 Å². The Morgan fingerprint density at radius 3 is 0.782 bits per heavy atom. The van der Waals surface area contributed by atoms with E-state index in [4.69, 9.17) is 8.83 Å². The van der Waals surface area contributed by atoms with Crippen molar-refractivity contribution in [1.29, 1.82) is 0 Å². The first-order valence-corrected chi connectivity index (χ1v) is 30.3. The average molecular weight is 1020 g/mol. The number of anilines is 6. The molecular weight excluding hydrogens is 949 g/mol. The van der Waals surface area contributed by atoms with Gasteiger partial charge in [-0.15, -0.1) is 0 Å². The second-order valence-corrected chi connectivity index (χ2v) is 24.2. The van der Waals surface area contributed by atoms with Crippen molar-refractivity contribution in [3.05, 3.63) is 192 Å². The van der Waals surface area contributed by atoms with E-state index in [-0.39, 0.29) is 0 Å². The van der Waals surface area contributed by atoms with Crippen LogP contribution in [0.3, 0.4) is 0 Å².